The second-order valence-electron chi connectivity index (χ2n) is 8.96. The molecule has 32 heavy (non-hydrogen) atoms. The van der Waals surface area contributed by atoms with Crippen molar-refractivity contribution in [2.75, 3.05) is 33.0 Å². The first-order chi connectivity index (χ1) is 15.3. The maximum absolute atomic E-state index is 15.7. The fourth-order valence-corrected chi connectivity index (χ4v) is 4.37. The lowest BCUT2D eigenvalue weighted by atomic mass is 9.96. The molecule has 3 N–H and O–H groups in total. The average Bonchev–Trinajstić information content (AvgIpc) is 3.51. The number of hydrogen-bond acceptors (Lipinski definition) is 6. The highest BCUT2D eigenvalue weighted by Gasteiger charge is 2.44. The zero-order chi connectivity index (χ0) is 22.5. The number of aromatic nitrogens is 2. The Morgan fingerprint density at radius 2 is 1.84 bits per heavy atom. The lowest BCUT2D eigenvalue weighted by Gasteiger charge is -2.20. The van der Waals surface area contributed by atoms with Crippen molar-refractivity contribution in [3.05, 3.63) is 54.3 Å². The molecular formula is C25H25FN4O2. The Morgan fingerprint density at radius 1 is 1.06 bits per heavy atom. The summed E-state index contributed by atoms with van der Waals surface area (Å²) in [4.78, 5) is 10.7. The molecule has 1 heterocycles. The SMILES string of the molecule is CN(C)CC1(COc2nc(N)c3ccc(-c4cc(O)cc5ccccc45)c(F)c3n2)CC1. The molecule has 3 aromatic carbocycles. The number of aromatic hydroxyl groups is 1. The number of phenolic OH excluding ortho intramolecular Hbond substituents is 1. The molecule has 0 spiro atoms. The van der Waals surface area contributed by atoms with Crippen molar-refractivity contribution in [1.82, 2.24) is 14.9 Å². The molecule has 1 fully saturated rings. The van der Waals surface area contributed by atoms with Gasteiger partial charge in [-0.1, -0.05) is 30.3 Å². The van der Waals surface area contributed by atoms with Gasteiger partial charge in [0.25, 0.3) is 0 Å². The van der Waals surface area contributed by atoms with Gasteiger partial charge in [-0.05, 0) is 61.5 Å². The highest BCUT2D eigenvalue weighted by molar-refractivity contribution is 6.01. The number of nitrogen functional groups attached to an aromatic ring is 1. The third-order valence-electron chi connectivity index (χ3n) is 6.07. The second-order valence-corrected chi connectivity index (χ2v) is 8.96. The molecular weight excluding hydrogens is 407 g/mol. The predicted octanol–water partition coefficient (Wildman–Crippen LogP) is 4.60. The van der Waals surface area contributed by atoms with Crippen LogP contribution in [-0.2, 0) is 0 Å². The molecule has 0 bridgehead atoms. The van der Waals surface area contributed by atoms with Crippen molar-refractivity contribution < 1.29 is 14.2 Å². The zero-order valence-electron chi connectivity index (χ0n) is 18.1. The third-order valence-corrected chi connectivity index (χ3v) is 6.07. The van der Waals surface area contributed by atoms with Gasteiger partial charge in [0.2, 0.25) is 0 Å². The van der Waals surface area contributed by atoms with Gasteiger partial charge >= 0.3 is 6.01 Å². The van der Waals surface area contributed by atoms with E-state index in [0.29, 0.717) is 23.1 Å². The summed E-state index contributed by atoms with van der Waals surface area (Å²) >= 11 is 0. The molecule has 0 amide bonds. The molecule has 1 saturated carbocycles. The molecule has 4 aromatic rings. The number of hydrogen-bond donors (Lipinski definition) is 2. The van der Waals surface area contributed by atoms with Crippen LogP contribution in [0.5, 0.6) is 11.8 Å². The summed E-state index contributed by atoms with van der Waals surface area (Å²) in [5.74, 6) is -0.277. The number of fused-ring (bicyclic) bond motifs is 2. The van der Waals surface area contributed by atoms with E-state index < -0.39 is 5.82 Å². The Hall–Kier alpha value is -3.45. The number of anilines is 1. The highest BCUT2D eigenvalue weighted by Crippen LogP contribution is 2.46. The quantitative estimate of drug-likeness (QED) is 0.463. The van der Waals surface area contributed by atoms with Crippen LogP contribution in [0.15, 0.2) is 48.5 Å². The maximum atomic E-state index is 15.7. The molecule has 1 aliphatic rings. The van der Waals surface area contributed by atoms with Crippen LogP contribution in [0, 0.1) is 11.2 Å². The van der Waals surface area contributed by atoms with Crippen molar-refractivity contribution in [2.45, 2.75) is 12.8 Å². The van der Waals surface area contributed by atoms with Gasteiger partial charge < -0.3 is 20.5 Å². The zero-order valence-corrected chi connectivity index (χ0v) is 18.1. The van der Waals surface area contributed by atoms with Crippen LogP contribution in [0.3, 0.4) is 0 Å². The number of rotatable bonds is 6. The minimum atomic E-state index is -0.522. The van der Waals surface area contributed by atoms with Gasteiger partial charge in [-0.2, -0.15) is 9.97 Å². The van der Waals surface area contributed by atoms with Crippen molar-refractivity contribution >= 4 is 27.5 Å². The number of ether oxygens (including phenoxy) is 1. The predicted molar refractivity (Wildman–Crippen MR) is 124 cm³/mol. The summed E-state index contributed by atoms with van der Waals surface area (Å²) in [7, 11) is 4.07. The Labute approximate surface area is 185 Å². The van der Waals surface area contributed by atoms with Crippen LogP contribution < -0.4 is 10.5 Å². The molecule has 0 unspecified atom stereocenters. The van der Waals surface area contributed by atoms with E-state index in [2.05, 4.69) is 14.9 Å². The Balaban J connectivity index is 1.57. The van der Waals surface area contributed by atoms with Gasteiger partial charge in [-0.15, -0.1) is 0 Å². The summed E-state index contributed by atoms with van der Waals surface area (Å²) in [5, 5.41) is 12.3. The summed E-state index contributed by atoms with van der Waals surface area (Å²) in [6, 6.07) is 14.2. The normalized spacial score (nSPS) is 14.9. The van der Waals surface area contributed by atoms with Crippen molar-refractivity contribution in [3.63, 3.8) is 0 Å². The molecule has 5 rings (SSSR count). The molecule has 0 radical (unpaired) electrons. The van der Waals surface area contributed by atoms with Crippen LogP contribution in [0.1, 0.15) is 12.8 Å². The molecule has 0 saturated heterocycles. The number of nitrogens with zero attached hydrogens (tertiary/aromatic N) is 3. The van der Waals surface area contributed by atoms with Crippen LogP contribution in [0.2, 0.25) is 0 Å². The van der Waals surface area contributed by atoms with Crippen LogP contribution in [0.4, 0.5) is 10.2 Å². The molecule has 164 valence electrons. The molecule has 0 atom stereocenters. The van der Waals surface area contributed by atoms with E-state index in [1.165, 1.54) is 0 Å². The van der Waals surface area contributed by atoms with Gasteiger partial charge in [-0.3, -0.25) is 0 Å². The summed E-state index contributed by atoms with van der Waals surface area (Å²) in [6.07, 6.45) is 2.16. The molecule has 1 aromatic heterocycles. The fraction of sp³-hybridized carbons (Fsp3) is 0.280. The van der Waals surface area contributed by atoms with E-state index in [9.17, 15) is 5.11 Å². The fourth-order valence-electron chi connectivity index (χ4n) is 4.37. The van der Waals surface area contributed by atoms with E-state index in [0.717, 1.165) is 30.2 Å². The lowest BCUT2D eigenvalue weighted by Crippen LogP contribution is -2.28. The topological polar surface area (TPSA) is 84.5 Å². The maximum Gasteiger partial charge on any atom is 0.319 e. The number of halogens is 1. The van der Waals surface area contributed by atoms with E-state index >= 15 is 4.39 Å². The van der Waals surface area contributed by atoms with Gasteiger partial charge in [0.05, 0.1) is 6.61 Å². The first kappa shape index (κ1) is 20.5. The van der Waals surface area contributed by atoms with Gasteiger partial charge in [0, 0.05) is 22.9 Å². The molecule has 0 aliphatic heterocycles. The Kier molecular flexibility index (Phi) is 4.86. The minimum absolute atomic E-state index is 0.0695. The summed E-state index contributed by atoms with van der Waals surface area (Å²) in [5.41, 5.74) is 7.24. The van der Waals surface area contributed by atoms with Gasteiger partial charge in [0.1, 0.15) is 17.1 Å². The van der Waals surface area contributed by atoms with Crippen molar-refractivity contribution in [3.8, 4) is 22.9 Å². The summed E-state index contributed by atoms with van der Waals surface area (Å²) in [6.45, 7) is 1.38. The molecule has 6 nitrogen and oxygen atoms in total. The highest BCUT2D eigenvalue weighted by atomic mass is 19.1. The van der Waals surface area contributed by atoms with Crippen LogP contribution in [-0.4, -0.2) is 47.2 Å². The summed E-state index contributed by atoms with van der Waals surface area (Å²) < 4.78 is 21.6. The van der Waals surface area contributed by atoms with E-state index in [1.807, 2.05) is 38.4 Å². The minimum Gasteiger partial charge on any atom is -0.508 e. The van der Waals surface area contributed by atoms with Crippen molar-refractivity contribution in [1.29, 1.82) is 0 Å². The Bertz CT molecular complexity index is 1330. The van der Waals surface area contributed by atoms with Crippen molar-refractivity contribution in [2.24, 2.45) is 5.41 Å². The van der Waals surface area contributed by atoms with Gasteiger partial charge in [0.15, 0.2) is 5.82 Å². The first-order valence-electron chi connectivity index (χ1n) is 10.6. The third kappa shape index (κ3) is 3.69. The molecule has 7 heteroatoms. The smallest absolute Gasteiger partial charge is 0.319 e. The second kappa shape index (κ2) is 7.60. The lowest BCUT2D eigenvalue weighted by molar-refractivity contribution is 0.183. The van der Waals surface area contributed by atoms with Crippen LogP contribution in [0.25, 0.3) is 32.8 Å². The molecule has 1 aliphatic carbocycles. The monoisotopic (exact) mass is 432 g/mol. The van der Waals surface area contributed by atoms with Gasteiger partial charge in [-0.25, -0.2) is 4.39 Å². The van der Waals surface area contributed by atoms with E-state index in [1.54, 1.807) is 24.3 Å². The standard InChI is InChI=1S/C25H25FN4O2/c1-30(2)13-25(9-10-25)14-32-24-28-22-19(23(27)29-24)8-7-18(21(22)26)20-12-16(31)11-15-5-3-4-6-17(15)20/h3-8,11-12,31H,9-10,13-14H2,1-2H3,(H2,27,28,29). The number of phenols is 1. The largest absolute Gasteiger partial charge is 0.508 e. The number of nitrogens with two attached hydrogens (primary N) is 1. The first-order valence-corrected chi connectivity index (χ1v) is 10.6. The van der Waals surface area contributed by atoms with Crippen LogP contribution >= 0.6 is 0 Å². The Morgan fingerprint density at radius 3 is 2.59 bits per heavy atom. The number of benzene rings is 3. The average molecular weight is 432 g/mol. The van der Waals surface area contributed by atoms with E-state index in [-0.39, 0.29) is 28.5 Å². The van der Waals surface area contributed by atoms with E-state index in [4.69, 9.17) is 10.5 Å².